The van der Waals surface area contributed by atoms with E-state index in [0.29, 0.717) is 34.7 Å². The molecule has 0 fully saturated rings. The number of thiophene rings is 1. The summed E-state index contributed by atoms with van der Waals surface area (Å²) in [5, 5.41) is 9.29. The number of carbonyl (C=O) groups excluding carboxylic acids is 1. The number of hydrogen-bond acceptors (Lipinski definition) is 6. The molecule has 8 heteroatoms. The number of benzene rings is 2. The molecule has 0 aliphatic heterocycles. The smallest absolute Gasteiger partial charge is 0.251 e. The van der Waals surface area contributed by atoms with Crippen LogP contribution in [0.4, 0.5) is 0 Å². The van der Waals surface area contributed by atoms with Gasteiger partial charge in [-0.2, -0.15) is 4.98 Å². The van der Waals surface area contributed by atoms with Crippen molar-refractivity contribution in [3.05, 3.63) is 88.1 Å². The fourth-order valence-electron chi connectivity index (χ4n) is 2.57. The Hall–Kier alpha value is -3.16. The quantitative estimate of drug-likeness (QED) is 0.452. The lowest BCUT2D eigenvalue weighted by atomic mass is 10.2. The van der Waals surface area contributed by atoms with Gasteiger partial charge in [0.1, 0.15) is 12.4 Å². The van der Waals surface area contributed by atoms with Crippen LogP contribution < -0.4 is 10.1 Å². The van der Waals surface area contributed by atoms with Crippen LogP contribution in [-0.2, 0) is 13.2 Å². The van der Waals surface area contributed by atoms with Gasteiger partial charge in [-0.05, 0) is 41.8 Å². The lowest BCUT2D eigenvalue weighted by Crippen LogP contribution is -2.22. The maximum Gasteiger partial charge on any atom is 0.251 e. The van der Waals surface area contributed by atoms with Crippen molar-refractivity contribution < 1.29 is 14.1 Å². The highest BCUT2D eigenvalue weighted by Gasteiger charge is 2.12. The van der Waals surface area contributed by atoms with Gasteiger partial charge in [0.2, 0.25) is 11.7 Å². The van der Waals surface area contributed by atoms with Crippen LogP contribution in [0.15, 0.2) is 70.6 Å². The van der Waals surface area contributed by atoms with Crippen LogP contribution in [-0.4, -0.2) is 16.0 Å². The number of ether oxygens (including phenoxy) is 1. The maximum atomic E-state index is 12.3. The summed E-state index contributed by atoms with van der Waals surface area (Å²) in [6.45, 7) is 0.511. The third kappa shape index (κ3) is 4.82. The first-order valence-corrected chi connectivity index (χ1v) is 10.1. The summed E-state index contributed by atoms with van der Waals surface area (Å²) >= 11 is 7.65. The second-order valence-electron chi connectivity index (χ2n) is 6.08. The van der Waals surface area contributed by atoms with Gasteiger partial charge in [-0.1, -0.05) is 41.0 Å². The summed E-state index contributed by atoms with van der Waals surface area (Å²) in [5.74, 6) is 1.28. The molecule has 2 aromatic heterocycles. The van der Waals surface area contributed by atoms with Crippen molar-refractivity contribution in [2.75, 3.05) is 0 Å². The summed E-state index contributed by atoms with van der Waals surface area (Å²) in [4.78, 5) is 17.5. The first kappa shape index (κ1) is 19.2. The van der Waals surface area contributed by atoms with Gasteiger partial charge >= 0.3 is 0 Å². The predicted octanol–water partition coefficient (Wildman–Crippen LogP) is 4.96. The molecule has 0 saturated carbocycles. The molecule has 6 nitrogen and oxygen atoms in total. The molecule has 0 spiro atoms. The van der Waals surface area contributed by atoms with Crippen molar-refractivity contribution in [1.82, 2.24) is 15.5 Å². The Bertz CT molecular complexity index is 1090. The predicted molar refractivity (Wildman–Crippen MR) is 111 cm³/mol. The Morgan fingerprint density at radius 3 is 2.69 bits per heavy atom. The van der Waals surface area contributed by atoms with Crippen molar-refractivity contribution in [3.8, 4) is 16.5 Å². The van der Waals surface area contributed by atoms with E-state index in [1.165, 1.54) is 11.3 Å². The van der Waals surface area contributed by atoms with Gasteiger partial charge in [-0.15, -0.1) is 11.3 Å². The molecule has 4 aromatic rings. The number of aromatic nitrogens is 2. The number of hydrogen-bond donors (Lipinski definition) is 1. The van der Waals surface area contributed by atoms with E-state index in [0.717, 1.165) is 10.4 Å². The zero-order chi connectivity index (χ0) is 20.1. The van der Waals surface area contributed by atoms with Crippen LogP contribution in [0.3, 0.4) is 0 Å². The van der Waals surface area contributed by atoms with Gasteiger partial charge < -0.3 is 14.6 Å². The molecule has 0 unspecified atom stereocenters. The Morgan fingerprint density at radius 2 is 1.93 bits per heavy atom. The van der Waals surface area contributed by atoms with Crippen molar-refractivity contribution in [2.24, 2.45) is 0 Å². The molecule has 146 valence electrons. The highest BCUT2D eigenvalue weighted by atomic mass is 35.5. The van der Waals surface area contributed by atoms with Crippen LogP contribution in [0.5, 0.6) is 5.75 Å². The topological polar surface area (TPSA) is 77.3 Å². The van der Waals surface area contributed by atoms with Crippen molar-refractivity contribution >= 4 is 28.8 Å². The Morgan fingerprint density at radius 1 is 1.10 bits per heavy atom. The molecule has 0 saturated heterocycles. The van der Waals surface area contributed by atoms with E-state index >= 15 is 0 Å². The second kappa shape index (κ2) is 8.89. The second-order valence-corrected chi connectivity index (χ2v) is 7.43. The molecule has 0 bridgehead atoms. The van der Waals surface area contributed by atoms with E-state index in [4.69, 9.17) is 20.9 Å². The number of rotatable bonds is 7. The van der Waals surface area contributed by atoms with Gasteiger partial charge in [0.25, 0.3) is 5.91 Å². The molecule has 0 radical (unpaired) electrons. The molecular formula is C21H16ClN3O3S. The van der Waals surface area contributed by atoms with Crippen molar-refractivity contribution in [2.45, 2.75) is 13.2 Å². The summed E-state index contributed by atoms with van der Waals surface area (Å²) in [6.07, 6.45) is 0. The Kier molecular flexibility index (Phi) is 5.88. The lowest BCUT2D eigenvalue weighted by molar-refractivity contribution is 0.0946. The monoisotopic (exact) mass is 425 g/mol. The number of halogens is 1. The van der Waals surface area contributed by atoms with Crippen molar-refractivity contribution in [1.29, 1.82) is 0 Å². The van der Waals surface area contributed by atoms with Crippen LogP contribution in [0, 0.1) is 0 Å². The summed E-state index contributed by atoms with van der Waals surface area (Å²) in [7, 11) is 0. The molecule has 0 aliphatic carbocycles. The summed E-state index contributed by atoms with van der Waals surface area (Å²) < 4.78 is 10.9. The molecule has 0 atom stereocenters. The highest BCUT2D eigenvalue weighted by Crippen LogP contribution is 2.21. The van der Waals surface area contributed by atoms with Crippen LogP contribution in [0.1, 0.15) is 21.8 Å². The minimum atomic E-state index is -0.237. The molecule has 1 amide bonds. The fraction of sp³-hybridized carbons (Fsp3) is 0.0952. The normalized spacial score (nSPS) is 10.7. The van der Waals surface area contributed by atoms with E-state index in [2.05, 4.69) is 15.5 Å². The van der Waals surface area contributed by atoms with Gasteiger partial charge in [0, 0.05) is 16.1 Å². The average Bonchev–Trinajstić information content (AvgIpc) is 3.44. The molecular weight excluding hydrogens is 410 g/mol. The van der Waals surface area contributed by atoms with E-state index in [9.17, 15) is 4.79 Å². The van der Waals surface area contributed by atoms with Gasteiger partial charge in [0.15, 0.2) is 0 Å². The molecule has 4 rings (SSSR count). The third-order valence-corrected chi connectivity index (χ3v) is 5.31. The zero-order valence-electron chi connectivity index (χ0n) is 15.2. The lowest BCUT2D eigenvalue weighted by Gasteiger charge is -2.08. The van der Waals surface area contributed by atoms with Gasteiger partial charge in [0.05, 0.1) is 11.4 Å². The zero-order valence-corrected chi connectivity index (χ0v) is 16.7. The minimum Gasteiger partial charge on any atom is -0.489 e. The molecule has 0 aliphatic rings. The molecule has 2 heterocycles. The van der Waals surface area contributed by atoms with Gasteiger partial charge in [-0.25, -0.2) is 0 Å². The van der Waals surface area contributed by atoms with E-state index in [1.54, 1.807) is 24.3 Å². The van der Waals surface area contributed by atoms with E-state index < -0.39 is 0 Å². The van der Waals surface area contributed by atoms with E-state index in [1.807, 2.05) is 41.8 Å². The number of carbonyl (C=O) groups is 1. The first-order valence-electron chi connectivity index (χ1n) is 8.80. The number of nitrogens with one attached hydrogen (secondary N) is 1. The number of amides is 1. The van der Waals surface area contributed by atoms with Crippen LogP contribution in [0.2, 0.25) is 5.02 Å². The van der Waals surface area contributed by atoms with Gasteiger partial charge in [-0.3, -0.25) is 4.79 Å². The fourth-order valence-corrected chi connectivity index (χ4v) is 3.41. The Labute approximate surface area is 176 Å². The van der Waals surface area contributed by atoms with Crippen LogP contribution in [0.25, 0.3) is 10.7 Å². The highest BCUT2D eigenvalue weighted by molar-refractivity contribution is 7.13. The summed E-state index contributed by atoms with van der Waals surface area (Å²) in [5.41, 5.74) is 1.41. The molecule has 2 aromatic carbocycles. The summed E-state index contributed by atoms with van der Waals surface area (Å²) in [6, 6.07) is 18.2. The minimum absolute atomic E-state index is 0.155. The average molecular weight is 426 g/mol. The molecule has 29 heavy (non-hydrogen) atoms. The maximum absolute atomic E-state index is 12.3. The number of nitrogens with zero attached hydrogens (tertiary/aromatic N) is 2. The van der Waals surface area contributed by atoms with Crippen LogP contribution >= 0.6 is 22.9 Å². The standard InChI is InChI=1S/C21H16ClN3O3S/c22-17-5-2-1-4-15(17)13-27-16-9-7-14(8-10-16)21(26)23-12-19-24-20(25-28-19)18-6-3-11-29-18/h1-11H,12-13H2,(H,23,26). The molecule has 1 N–H and O–H groups in total. The first-order chi connectivity index (χ1) is 14.2. The largest absolute Gasteiger partial charge is 0.489 e. The Balaban J connectivity index is 1.30. The third-order valence-electron chi connectivity index (χ3n) is 4.08. The SMILES string of the molecule is O=C(NCc1nc(-c2cccs2)no1)c1ccc(OCc2ccccc2Cl)cc1. The van der Waals surface area contributed by atoms with E-state index in [-0.39, 0.29) is 12.5 Å². The van der Waals surface area contributed by atoms with Crippen molar-refractivity contribution in [3.63, 3.8) is 0 Å².